The molecular formula is C9H16N2O. The summed E-state index contributed by atoms with van der Waals surface area (Å²) in [6.45, 7) is 6.11. The van der Waals surface area contributed by atoms with Gasteiger partial charge in [-0.2, -0.15) is 5.10 Å². The van der Waals surface area contributed by atoms with Crippen molar-refractivity contribution in [2.45, 2.75) is 40.0 Å². The van der Waals surface area contributed by atoms with Crippen LogP contribution >= 0.6 is 0 Å². The van der Waals surface area contributed by atoms with E-state index in [1.807, 2.05) is 6.92 Å². The molecule has 0 radical (unpaired) electrons. The van der Waals surface area contributed by atoms with Gasteiger partial charge in [0.15, 0.2) is 0 Å². The van der Waals surface area contributed by atoms with Crippen molar-refractivity contribution >= 4 is 11.6 Å². The van der Waals surface area contributed by atoms with Crippen LogP contribution in [0.25, 0.3) is 0 Å². The van der Waals surface area contributed by atoms with Crippen LogP contribution in [0.5, 0.6) is 0 Å². The second-order valence-electron chi connectivity index (χ2n) is 3.83. The van der Waals surface area contributed by atoms with Gasteiger partial charge in [-0.3, -0.25) is 4.79 Å². The first kappa shape index (κ1) is 9.23. The average molecular weight is 168 g/mol. The van der Waals surface area contributed by atoms with Crippen molar-refractivity contribution in [1.82, 2.24) is 5.43 Å². The summed E-state index contributed by atoms with van der Waals surface area (Å²) in [5, 5.41) is 4.07. The number of nitrogens with zero attached hydrogens (tertiary/aromatic N) is 1. The molecule has 68 valence electrons. The molecule has 0 bridgehead atoms. The highest BCUT2D eigenvalue weighted by atomic mass is 16.2. The molecule has 3 heteroatoms. The Bertz CT molecular complexity index is 219. The molecule has 0 aliphatic heterocycles. The van der Waals surface area contributed by atoms with E-state index in [0.29, 0.717) is 6.42 Å². The van der Waals surface area contributed by atoms with Crippen molar-refractivity contribution in [3.63, 3.8) is 0 Å². The maximum atomic E-state index is 10.8. The van der Waals surface area contributed by atoms with Crippen LogP contribution in [0.2, 0.25) is 0 Å². The van der Waals surface area contributed by atoms with Crippen LogP contribution in [0.3, 0.4) is 0 Å². The summed E-state index contributed by atoms with van der Waals surface area (Å²) in [6.07, 6.45) is 2.70. The van der Waals surface area contributed by atoms with Gasteiger partial charge in [0, 0.05) is 17.5 Å². The van der Waals surface area contributed by atoms with Gasteiger partial charge in [-0.15, -0.1) is 0 Å². The molecule has 12 heavy (non-hydrogen) atoms. The summed E-state index contributed by atoms with van der Waals surface area (Å²) in [4.78, 5) is 10.8. The summed E-state index contributed by atoms with van der Waals surface area (Å²) in [6, 6.07) is 0. The fourth-order valence-corrected chi connectivity index (χ4v) is 1.15. The third-order valence-electron chi connectivity index (χ3n) is 2.40. The molecule has 1 N–H and O–H groups in total. The van der Waals surface area contributed by atoms with Crippen LogP contribution in [0, 0.1) is 5.41 Å². The maximum absolute atomic E-state index is 10.8. The predicted molar refractivity (Wildman–Crippen MR) is 48.9 cm³/mol. The minimum atomic E-state index is -0.00907. The van der Waals surface area contributed by atoms with E-state index in [-0.39, 0.29) is 11.3 Å². The zero-order valence-corrected chi connectivity index (χ0v) is 7.98. The minimum absolute atomic E-state index is 0.00907. The summed E-state index contributed by atoms with van der Waals surface area (Å²) < 4.78 is 0. The van der Waals surface area contributed by atoms with Crippen molar-refractivity contribution in [3.8, 4) is 0 Å². The number of amides is 1. The van der Waals surface area contributed by atoms with Crippen molar-refractivity contribution in [2.24, 2.45) is 10.5 Å². The second-order valence-corrected chi connectivity index (χ2v) is 3.83. The molecule has 0 aromatic rings. The van der Waals surface area contributed by atoms with Gasteiger partial charge in [-0.05, 0) is 12.8 Å². The van der Waals surface area contributed by atoms with Crippen LogP contribution in [-0.2, 0) is 4.79 Å². The third-order valence-corrected chi connectivity index (χ3v) is 2.40. The highest BCUT2D eigenvalue weighted by Crippen LogP contribution is 2.36. The van der Waals surface area contributed by atoms with Crippen molar-refractivity contribution in [3.05, 3.63) is 0 Å². The normalized spacial score (nSPS) is 23.4. The molecule has 3 nitrogen and oxygen atoms in total. The molecular weight excluding hydrogens is 152 g/mol. The Labute approximate surface area is 73.2 Å². The Balaban J connectivity index is 2.43. The van der Waals surface area contributed by atoms with E-state index in [0.717, 1.165) is 12.1 Å². The molecule has 1 aliphatic rings. The molecule has 0 spiro atoms. The van der Waals surface area contributed by atoms with Crippen molar-refractivity contribution in [1.29, 1.82) is 0 Å². The van der Waals surface area contributed by atoms with E-state index in [4.69, 9.17) is 0 Å². The molecule has 1 aliphatic carbocycles. The van der Waals surface area contributed by atoms with Crippen LogP contribution in [0.15, 0.2) is 5.10 Å². The first-order valence-corrected chi connectivity index (χ1v) is 4.42. The first-order valence-electron chi connectivity index (χ1n) is 4.42. The van der Waals surface area contributed by atoms with E-state index in [1.54, 1.807) is 0 Å². The Hall–Kier alpha value is -0.860. The molecule has 0 saturated heterocycles. The molecule has 1 amide bonds. The summed E-state index contributed by atoms with van der Waals surface area (Å²) in [5.41, 5.74) is 3.86. The molecule has 1 saturated carbocycles. The standard InChI is InChI=1S/C9H16N2O/c1-4-8(12)11-10-7-5-6-9(7,2)3/h4-6H2,1-3H3,(H,11,12)/b10-7-. The predicted octanol–water partition coefficient (Wildman–Crippen LogP) is 1.69. The third kappa shape index (κ3) is 1.84. The lowest BCUT2D eigenvalue weighted by atomic mass is 9.70. The SMILES string of the molecule is CCC(=O)N/N=C1/CCC1(C)C. The van der Waals surface area contributed by atoms with E-state index in [2.05, 4.69) is 24.4 Å². The lowest BCUT2D eigenvalue weighted by molar-refractivity contribution is -0.120. The lowest BCUT2D eigenvalue weighted by Crippen LogP contribution is -2.37. The molecule has 0 unspecified atom stereocenters. The zero-order chi connectivity index (χ0) is 9.19. The van der Waals surface area contributed by atoms with Crippen molar-refractivity contribution in [2.75, 3.05) is 0 Å². The lowest BCUT2D eigenvalue weighted by Gasteiger charge is -2.36. The molecule has 0 heterocycles. The number of hydrogen-bond donors (Lipinski definition) is 1. The number of carbonyl (C=O) groups excluding carboxylic acids is 1. The topological polar surface area (TPSA) is 41.5 Å². The van der Waals surface area contributed by atoms with E-state index < -0.39 is 0 Å². The molecule has 1 rings (SSSR count). The Morgan fingerprint density at radius 3 is 2.67 bits per heavy atom. The van der Waals surface area contributed by atoms with Gasteiger partial charge in [-0.1, -0.05) is 20.8 Å². The number of hydrazone groups is 1. The summed E-state index contributed by atoms with van der Waals surface area (Å²) in [5.74, 6) is -0.00907. The van der Waals surface area contributed by atoms with Crippen LogP contribution < -0.4 is 5.43 Å². The van der Waals surface area contributed by atoms with Gasteiger partial charge in [0.25, 0.3) is 0 Å². The van der Waals surface area contributed by atoms with Crippen molar-refractivity contribution < 1.29 is 4.79 Å². The monoisotopic (exact) mass is 168 g/mol. The first-order chi connectivity index (χ1) is 5.56. The summed E-state index contributed by atoms with van der Waals surface area (Å²) in [7, 11) is 0. The van der Waals surface area contributed by atoms with Gasteiger partial charge < -0.3 is 0 Å². The van der Waals surface area contributed by atoms with Gasteiger partial charge in [0.1, 0.15) is 0 Å². The van der Waals surface area contributed by atoms with Crippen LogP contribution in [0.1, 0.15) is 40.0 Å². The summed E-state index contributed by atoms with van der Waals surface area (Å²) >= 11 is 0. The fourth-order valence-electron chi connectivity index (χ4n) is 1.15. The van der Waals surface area contributed by atoms with Gasteiger partial charge in [0.05, 0.1) is 0 Å². The van der Waals surface area contributed by atoms with Crippen LogP contribution in [0.4, 0.5) is 0 Å². The molecule has 0 atom stereocenters. The number of hydrogen-bond acceptors (Lipinski definition) is 2. The smallest absolute Gasteiger partial charge is 0.239 e. The van der Waals surface area contributed by atoms with Gasteiger partial charge in [-0.25, -0.2) is 5.43 Å². The van der Waals surface area contributed by atoms with E-state index >= 15 is 0 Å². The Kier molecular flexibility index (Phi) is 2.50. The highest BCUT2D eigenvalue weighted by molar-refractivity contribution is 5.95. The number of carbonyl (C=O) groups is 1. The van der Waals surface area contributed by atoms with Crippen LogP contribution in [-0.4, -0.2) is 11.6 Å². The van der Waals surface area contributed by atoms with Gasteiger partial charge in [0.2, 0.25) is 5.91 Å². The second kappa shape index (κ2) is 3.25. The molecule has 1 fully saturated rings. The quantitative estimate of drug-likeness (QED) is 0.626. The minimum Gasteiger partial charge on any atom is -0.273 e. The molecule has 0 aromatic carbocycles. The zero-order valence-electron chi connectivity index (χ0n) is 7.98. The van der Waals surface area contributed by atoms with E-state index in [1.165, 1.54) is 6.42 Å². The Morgan fingerprint density at radius 2 is 2.33 bits per heavy atom. The maximum Gasteiger partial charge on any atom is 0.239 e. The molecule has 0 aromatic heterocycles. The number of nitrogens with one attached hydrogen (secondary N) is 1. The van der Waals surface area contributed by atoms with Gasteiger partial charge >= 0.3 is 0 Å². The Morgan fingerprint density at radius 1 is 1.67 bits per heavy atom. The van der Waals surface area contributed by atoms with E-state index in [9.17, 15) is 4.79 Å². The fraction of sp³-hybridized carbons (Fsp3) is 0.778. The largest absolute Gasteiger partial charge is 0.273 e. The average Bonchev–Trinajstić information content (AvgIpc) is 2.02. The number of rotatable bonds is 2. The highest BCUT2D eigenvalue weighted by Gasteiger charge is 2.34.